The van der Waals surface area contributed by atoms with Crippen molar-refractivity contribution in [1.29, 1.82) is 0 Å². The van der Waals surface area contributed by atoms with E-state index in [9.17, 15) is 5.11 Å². The van der Waals surface area contributed by atoms with Crippen molar-refractivity contribution in [3.63, 3.8) is 0 Å². The fraction of sp³-hybridized carbons (Fsp3) is 0.647. The molecule has 1 rings (SSSR count). The maximum absolute atomic E-state index is 10.1. The number of hydrogen-bond acceptors (Lipinski definition) is 4. The molecular weight excluding hydrogens is 268 g/mol. The van der Waals surface area contributed by atoms with Gasteiger partial charge in [0, 0.05) is 12.1 Å². The van der Waals surface area contributed by atoms with Crippen LogP contribution in [0.15, 0.2) is 12.1 Å². The van der Waals surface area contributed by atoms with Gasteiger partial charge in [0.05, 0.1) is 30.0 Å². The first-order valence-corrected chi connectivity index (χ1v) is 7.56. The van der Waals surface area contributed by atoms with Gasteiger partial charge in [0.2, 0.25) is 0 Å². The van der Waals surface area contributed by atoms with Gasteiger partial charge < -0.3 is 19.3 Å². The predicted molar refractivity (Wildman–Crippen MR) is 84.4 cm³/mol. The van der Waals surface area contributed by atoms with Crippen LogP contribution in [0.25, 0.3) is 0 Å². The van der Waals surface area contributed by atoms with Crippen molar-refractivity contribution in [3.05, 3.63) is 17.7 Å². The topological polar surface area (TPSA) is 47.9 Å². The second-order valence-corrected chi connectivity index (χ2v) is 6.01. The van der Waals surface area contributed by atoms with Crippen molar-refractivity contribution in [2.45, 2.75) is 72.9 Å². The van der Waals surface area contributed by atoms with E-state index in [-0.39, 0.29) is 18.3 Å². The Labute approximate surface area is 128 Å². The number of benzene rings is 1. The van der Waals surface area contributed by atoms with E-state index in [0.29, 0.717) is 22.8 Å². The molecule has 0 bridgehead atoms. The van der Waals surface area contributed by atoms with Crippen LogP contribution in [0, 0.1) is 0 Å². The van der Waals surface area contributed by atoms with E-state index in [0.717, 1.165) is 0 Å². The van der Waals surface area contributed by atoms with Gasteiger partial charge in [-0.15, -0.1) is 0 Å². The van der Waals surface area contributed by atoms with E-state index in [1.54, 1.807) is 6.92 Å². The Kier molecular flexibility index (Phi) is 6.34. The molecule has 0 amide bonds. The van der Waals surface area contributed by atoms with Crippen LogP contribution in [0.2, 0.25) is 0 Å². The minimum atomic E-state index is -0.680. The van der Waals surface area contributed by atoms with Gasteiger partial charge in [-0.25, -0.2) is 0 Å². The highest BCUT2D eigenvalue weighted by Gasteiger charge is 2.20. The molecule has 0 aromatic heterocycles. The van der Waals surface area contributed by atoms with Crippen LogP contribution in [0.3, 0.4) is 0 Å². The molecule has 0 saturated carbocycles. The van der Waals surface area contributed by atoms with Gasteiger partial charge >= 0.3 is 0 Å². The molecule has 0 saturated heterocycles. The molecule has 0 spiro atoms. The summed E-state index contributed by atoms with van der Waals surface area (Å²) in [7, 11) is 0. The Morgan fingerprint density at radius 3 is 1.38 bits per heavy atom. The number of ether oxygens (including phenoxy) is 3. The van der Waals surface area contributed by atoms with E-state index < -0.39 is 6.10 Å². The zero-order valence-corrected chi connectivity index (χ0v) is 14.1. The van der Waals surface area contributed by atoms with Gasteiger partial charge in [0.25, 0.3) is 0 Å². The number of aliphatic hydroxyl groups is 1. The van der Waals surface area contributed by atoms with Crippen LogP contribution in [0.1, 0.15) is 60.1 Å². The first kappa shape index (κ1) is 17.6. The fourth-order valence-corrected chi connectivity index (χ4v) is 2.03. The minimum absolute atomic E-state index is 0.00343. The normalized spacial score (nSPS) is 12.9. The zero-order valence-electron chi connectivity index (χ0n) is 14.1. The Bertz CT molecular complexity index is 419. The smallest absolute Gasteiger partial charge is 0.132 e. The van der Waals surface area contributed by atoms with Crippen LogP contribution in [-0.4, -0.2) is 23.4 Å². The van der Waals surface area contributed by atoms with Gasteiger partial charge in [-0.05, 0) is 48.5 Å². The van der Waals surface area contributed by atoms with E-state index in [1.807, 2.05) is 53.7 Å². The molecule has 21 heavy (non-hydrogen) atoms. The third-order valence-corrected chi connectivity index (χ3v) is 2.59. The van der Waals surface area contributed by atoms with Crippen molar-refractivity contribution in [2.75, 3.05) is 0 Å². The summed E-state index contributed by atoms with van der Waals surface area (Å²) in [6.45, 7) is 13.4. The molecule has 0 fully saturated rings. The summed E-state index contributed by atoms with van der Waals surface area (Å²) in [5, 5.41) is 10.1. The highest BCUT2D eigenvalue weighted by Crippen LogP contribution is 2.39. The molecule has 1 aromatic rings. The molecule has 1 unspecified atom stereocenters. The van der Waals surface area contributed by atoms with E-state index >= 15 is 0 Å². The molecule has 1 N–H and O–H groups in total. The van der Waals surface area contributed by atoms with Gasteiger partial charge in [0.1, 0.15) is 17.2 Å². The van der Waals surface area contributed by atoms with Crippen LogP contribution >= 0.6 is 0 Å². The summed E-state index contributed by atoms with van der Waals surface area (Å²) >= 11 is 0. The summed E-state index contributed by atoms with van der Waals surface area (Å²) in [6, 6.07) is 3.63. The number of aliphatic hydroxyl groups excluding tert-OH is 1. The summed E-state index contributed by atoms with van der Waals surface area (Å²) in [5.74, 6) is 1.89. The van der Waals surface area contributed by atoms with E-state index in [1.165, 1.54) is 0 Å². The standard InChI is InChI=1S/C17H28O4/c1-10(2)19-14-8-15(20-11(3)4)17(13(7)18)16(9-14)21-12(5)6/h8-13,18H,1-7H3. The molecule has 0 heterocycles. The number of hydrogen-bond donors (Lipinski definition) is 1. The second-order valence-electron chi connectivity index (χ2n) is 6.01. The Morgan fingerprint density at radius 2 is 1.10 bits per heavy atom. The molecule has 0 aliphatic heterocycles. The highest BCUT2D eigenvalue weighted by molar-refractivity contribution is 5.52. The van der Waals surface area contributed by atoms with Crippen molar-refractivity contribution in [1.82, 2.24) is 0 Å². The molecule has 120 valence electrons. The lowest BCUT2D eigenvalue weighted by Crippen LogP contribution is -2.14. The van der Waals surface area contributed by atoms with Crippen molar-refractivity contribution < 1.29 is 19.3 Å². The molecule has 4 heteroatoms. The first-order valence-electron chi connectivity index (χ1n) is 7.56. The van der Waals surface area contributed by atoms with Crippen LogP contribution in [-0.2, 0) is 0 Å². The van der Waals surface area contributed by atoms with Gasteiger partial charge in [-0.2, -0.15) is 0 Å². The molecule has 1 atom stereocenters. The van der Waals surface area contributed by atoms with Crippen LogP contribution in [0.4, 0.5) is 0 Å². The van der Waals surface area contributed by atoms with Crippen LogP contribution < -0.4 is 14.2 Å². The Morgan fingerprint density at radius 1 is 0.714 bits per heavy atom. The monoisotopic (exact) mass is 296 g/mol. The molecule has 0 aliphatic carbocycles. The Balaban J connectivity index is 3.34. The Hall–Kier alpha value is -1.42. The summed E-state index contributed by atoms with van der Waals surface area (Å²) in [4.78, 5) is 0. The second kappa shape index (κ2) is 7.55. The van der Waals surface area contributed by atoms with Crippen molar-refractivity contribution >= 4 is 0 Å². The average Bonchev–Trinajstić information content (AvgIpc) is 2.24. The summed E-state index contributed by atoms with van der Waals surface area (Å²) in [6.07, 6.45) is -0.616. The third kappa shape index (κ3) is 5.46. The number of rotatable bonds is 7. The maximum Gasteiger partial charge on any atom is 0.132 e. The van der Waals surface area contributed by atoms with E-state index in [4.69, 9.17) is 14.2 Å². The summed E-state index contributed by atoms with van der Waals surface area (Å²) in [5.41, 5.74) is 0.661. The highest BCUT2D eigenvalue weighted by atomic mass is 16.5. The van der Waals surface area contributed by atoms with E-state index in [2.05, 4.69) is 0 Å². The quantitative estimate of drug-likeness (QED) is 0.823. The molecular formula is C17H28O4. The summed E-state index contributed by atoms with van der Waals surface area (Å²) < 4.78 is 17.4. The lowest BCUT2D eigenvalue weighted by Gasteiger charge is -2.23. The molecule has 1 aromatic carbocycles. The van der Waals surface area contributed by atoms with Crippen molar-refractivity contribution in [3.8, 4) is 17.2 Å². The fourth-order valence-electron chi connectivity index (χ4n) is 2.03. The predicted octanol–water partition coefficient (Wildman–Crippen LogP) is 4.10. The minimum Gasteiger partial charge on any atom is -0.491 e. The first-order chi connectivity index (χ1) is 9.70. The largest absolute Gasteiger partial charge is 0.491 e. The van der Waals surface area contributed by atoms with Gasteiger partial charge in [-0.3, -0.25) is 0 Å². The van der Waals surface area contributed by atoms with Crippen molar-refractivity contribution in [2.24, 2.45) is 0 Å². The zero-order chi connectivity index (χ0) is 16.2. The van der Waals surface area contributed by atoms with Gasteiger partial charge in [0.15, 0.2) is 0 Å². The van der Waals surface area contributed by atoms with Crippen LogP contribution in [0.5, 0.6) is 17.2 Å². The lowest BCUT2D eigenvalue weighted by atomic mass is 10.1. The lowest BCUT2D eigenvalue weighted by molar-refractivity contribution is 0.166. The average molecular weight is 296 g/mol. The molecule has 0 aliphatic rings. The maximum atomic E-state index is 10.1. The molecule has 4 nitrogen and oxygen atoms in total. The third-order valence-electron chi connectivity index (χ3n) is 2.59. The van der Waals surface area contributed by atoms with Gasteiger partial charge in [-0.1, -0.05) is 0 Å². The SMILES string of the molecule is CC(C)Oc1cc(OC(C)C)c(C(C)O)c(OC(C)C)c1. The molecule has 0 radical (unpaired) electrons.